The van der Waals surface area contributed by atoms with Gasteiger partial charge in [0.15, 0.2) is 5.54 Å². The van der Waals surface area contributed by atoms with Crippen LogP contribution in [0.25, 0.3) is 0 Å². The Labute approximate surface area is 79.6 Å². The van der Waals surface area contributed by atoms with Crippen LogP contribution >= 0.6 is 0 Å². The van der Waals surface area contributed by atoms with Gasteiger partial charge < -0.3 is 25.5 Å². The third kappa shape index (κ3) is 1.49. The van der Waals surface area contributed by atoms with E-state index in [-0.39, 0.29) is 6.54 Å². The third-order valence-electron chi connectivity index (χ3n) is 2.48. The van der Waals surface area contributed by atoms with Gasteiger partial charge in [0.25, 0.3) is 0 Å². The van der Waals surface area contributed by atoms with E-state index in [1.807, 2.05) is 0 Å². The van der Waals surface area contributed by atoms with Crippen LogP contribution in [-0.2, 0) is 4.79 Å². The topological polar surface area (TPSA) is 130 Å². The lowest BCUT2D eigenvalue weighted by molar-refractivity contribution is -0.173. The van der Waals surface area contributed by atoms with Crippen LogP contribution in [0, 0.1) is 0 Å². The summed E-state index contributed by atoms with van der Waals surface area (Å²) in [6, 6.07) is 0. The summed E-state index contributed by atoms with van der Waals surface area (Å²) in [6.07, 6.45) is -4.59. The first-order valence-corrected chi connectivity index (χ1v) is 4.09. The molecular weight excluding hydrogens is 194 g/mol. The molecule has 7 nitrogen and oxygen atoms in total. The van der Waals surface area contributed by atoms with Crippen LogP contribution in [0.1, 0.15) is 0 Å². The molecule has 0 unspecified atom stereocenters. The Balaban J connectivity index is 2.93. The summed E-state index contributed by atoms with van der Waals surface area (Å²) >= 11 is 0. The van der Waals surface area contributed by atoms with Crippen molar-refractivity contribution in [1.82, 2.24) is 5.32 Å². The lowest BCUT2D eigenvalue weighted by Gasteiger charge is -2.42. The normalized spacial score (nSPS) is 43.6. The molecule has 0 aromatic rings. The average molecular weight is 207 g/mol. The van der Waals surface area contributed by atoms with E-state index < -0.39 is 36.4 Å². The minimum atomic E-state index is -2.00. The summed E-state index contributed by atoms with van der Waals surface area (Å²) in [5.41, 5.74) is -2.00. The van der Waals surface area contributed by atoms with Crippen LogP contribution in [0.4, 0.5) is 0 Å². The molecule has 0 aromatic carbocycles. The summed E-state index contributed by atoms with van der Waals surface area (Å²) in [6.45, 7) is -1.07. The van der Waals surface area contributed by atoms with Crippen molar-refractivity contribution in [2.45, 2.75) is 23.9 Å². The van der Waals surface area contributed by atoms with Gasteiger partial charge in [0.05, 0.1) is 12.7 Å². The Morgan fingerprint density at radius 3 is 2.43 bits per heavy atom. The molecule has 0 saturated carbocycles. The molecule has 0 radical (unpaired) electrons. The first-order chi connectivity index (χ1) is 6.45. The first kappa shape index (κ1) is 11.3. The molecule has 1 fully saturated rings. The molecule has 0 amide bonds. The second kappa shape index (κ2) is 3.79. The molecule has 1 saturated heterocycles. The van der Waals surface area contributed by atoms with Crippen molar-refractivity contribution in [3.63, 3.8) is 0 Å². The molecule has 0 aliphatic carbocycles. The predicted molar refractivity (Wildman–Crippen MR) is 43.5 cm³/mol. The van der Waals surface area contributed by atoms with E-state index >= 15 is 0 Å². The van der Waals surface area contributed by atoms with Crippen molar-refractivity contribution >= 4 is 5.97 Å². The Kier molecular flexibility index (Phi) is 3.07. The van der Waals surface area contributed by atoms with Crippen molar-refractivity contribution in [3.8, 4) is 0 Å². The zero-order valence-corrected chi connectivity index (χ0v) is 7.29. The number of carboxylic acids is 1. The van der Waals surface area contributed by atoms with Crippen molar-refractivity contribution in [3.05, 3.63) is 0 Å². The van der Waals surface area contributed by atoms with Gasteiger partial charge in [0, 0.05) is 6.54 Å². The van der Waals surface area contributed by atoms with E-state index in [2.05, 4.69) is 5.32 Å². The molecule has 7 heteroatoms. The van der Waals surface area contributed by atoms with Gasteiger partial charge in [-0.05, 0) is 0 Å². The Hall–Kier alpha value is -0.730. The zero-order valence-electron chi connectivity index (χ0n) is 7.29. The van der Waals surface area contributed by atoms with Gasteiger partial charge in [-0.1, -0.05) is 0 Å². The number of hydrogen-bond donors (Lipinski definition) is 6. The van der Waals surface area contributed by atoms with E-state index in [0.717, 1.165) is 0 Å². The maximum Gasteiger partial charge on any atom is 0.329 e. The lowest BCUT2D eigenvalue weighted by Crippen LogP contribution is -2.73. The van der Waals surface area contributed by atoms with E-state index in [1.165, 1.54) is 0 Å². The predicted octanol–water partition coefficient (Wildman–Crippen LogP) is -3.51. The molecule has 1 rings (SSSR count). The highest BCUT2D eigenvalue weighted by Gasteiger charge is 2.53. The number of hydrogen-bond acceptors (Lipinski definition) is 6. The minimum absolute atomic E-state index is 0.203. The summed E-state index contributed by atoms with van der Waals surface area (Å²) in [4.78, 5) is 10.8. The number of aliphatic hydroxyl groups is 4. The Morgan fingerprint density at radius 2 is 2.00 bits per heavy atom. The molecule has 1 aliphatic heterocycles. The maximum atomic E-state index is 10.8. The molecular formula is C7H13NO6. The molecule has 0 bridgehead atoms. The highest BCUT2D eigenvalue weighted by molar-refractivity contribution is 5.80. The van der Waals surface area contributed by atoms with Gasteiger partial charge in [-0.2, -0.15) is 0 Å². The molecule has 6 N–H and O–H groups in total. The smallest absolute Gasteiger partial charge is 0.329 e. The van der Waals surface area contributed by atoms with Crippen molar-refractivity contribution in [2.24, 2.45) is 0 Å². The number of aliphatic hydroxyl groups excluding tert-OH is 4. The molecule has 0 aromatic heterocycles. The largest absolute Gasteiger partial charge is 0.480 e. The van der Waals surface area contributed by atoms with Gasteiger partial charge in [0.1, 0.15) is 12.2 Å². The number of carboxylic acid groups (broad SMARTS) is 1. The van der Waals surface area contributed by atoms with Crippen molar-refractivity contribution in [2.75, 3.05) is 13.2 Å². The van der Waals surface area contributed by atoms with Crippen LogP contribution in [0.2, 0.25) is 0 Å². The number of carbonyl (C=O) groups is 1. The van der Waals surface area contributed by atoms with E-state index in [4.69, 9.17) is 15.3 Å². The number of nitrogens with one attached hydrogen (secondary N) is 1. The van der Waals surface area contributed by atoms with Crippen LogP contribution in [-0.4, -0.2) is 68.5 Å². The van der Waals surface area contributed by atoms with Gasteiger partial charge in [-0.15, -0.1) is 0 Å². The lowest BCUT2D eigenvalue weighted by atomic mass is 9.83. The molecule has 0 spiro atoms. The van der Waals surface area contributed by atoms with Crippen LogP contribution < -0.4 is 5.32 Å². The van der Waals surface area contributed by atoms with Gasteiger partial charge in [-0.25, -0.2) is 0 Å². The number of β-amino-alcohol motifs (C(OH)–C–C–N with tert-alkyl or cyclic N) is 1. The SMILES string of the molecule is O=C(O)[C@]1(CO)NC[C@H](O)[C@@H](O)[C@@H]1O. The van der Waals surface area contributed by atoms with Gasteiger partial charge >= 0.3 is 5.97 Å². The Morgan fingerprint density at radius 1 is 1.43 bits per heavy atom. The van der Waals surface area contributed by atoms with Crippen LogP contribution in [0.5, 0.6) is 0 Å². The quantitative estimate of drug-likeness (QED) is 0.277. The highest BCUT2D eigenvalue weighted by Crippen LogP contribution is 2.20. The van der Waals surface area contributed by atoms with E-state index in [9.17, 15) is 15.0 Å². The van der Waals surface area contributed by atoms with E-state index in [1.54, 1.807) is 0 Å². The molecule has 1 heterocycles. The van der Waals surface area contributed by atoms with Crippen LogP contribution in [0.15, 0.2) is 0 Å². The minimum Gasteiger partial charge on any atom is -0.480 e. The van der Waals surface area contributed by atoms with E-state index in [0.29, 0.717) is 0 Å². The number of piperidine rings is 1. The average Bonchev–Trinajstić information content (AvgIpc) is 2.15. The maximum absolute atomic E-state index is 10.8. The number of rotatable bonds is 2. The van der Waals surface area contributed by atoms with Gasteiger partial charge in [0.2, 0.25) is 0 Å². The zero-order chi connectivity index (χ0) is 10.9. The fraction of sp³-hybridized carbons (Fsp3) is 0.857. The summed E-state index contributed by atoms with van der Waals surface area (Å²) in [5, 5.41) is 47.8. The third-order valence-corrected chi connectivity index (χ3v) is 2.48. The van der Waals surface area contributed by atoms with Crippen molar-refractivity contribution < 1.29 is 30.3 Å². The standard InChI is InChI=1S/C7H13NO6/c9-2-7(6(13)14)5(12)4(11)3(10)1-8-7/h3-5,8-12H,1-2H2,(H,13,14)/t3-,4+,5-,7+/m0/s1. The second-order valence-electron chi connectivity index (χ2n) is 3.32. The monoisotopic (exact) mass is 207 g/mol. The Bertz CT molecular complexity index is 234. The first-order valence-electron chi connectivity index (χ1n) is 4.09. The molecule has 82 valence electrons. The highest BCUT2D eigenvalue weighted by atomic mass is 16.4. The van der Waals surface area contributed by atoms with Crippen LogP contribution in [0.3, 0.4) is 0 Å². The summed E-state index contributed by atoms with van der Waals surface area (Å²) in [7, 11) is 0. The van der Waals surface area contributed by atoms with Crippen molar-refractivity contribution in [1.29, 1.82) is 0 Å². The summed E-state index contributed by atoms with van der Waals surface area (Å²) < 4.78 is 0. The fourth-order valence-electron chi connectivity index (χ4n) is 1.43. The molecule has 14 heavy (non-hydrogen) atoms. The van der Waals surface area contributed by atoms with Gasteiger partial charge in [-0.3, -0.25) is 10.1 Å². The fourth-order valence-corrected chi connectivity index (χ4v) is 1.43. The molecule has 1 aliphatic rings. The molecule has 4 atom stereocenters. The number of aliphatic carboxylic acids is 1. The second-order valence-corrected chi connectivity index (χ2v) is 3.32. The summed E-state index contributed by atoms with van der Waals surface area (Å²) in [5.74, 6) is -1.47.